The second-order valence-electron chi connectivity index (χ2n) is 5.32. The molecule has 1 aromatic rings. The van der Waals surface area contributed by atoms with Gasteiger partial charge in [0.1, 0.15) is 0 Å². The highest BCUT2D eigenvalue weighted by Crippen LogP contribution is 2.14. The van der Waals surface area contributed by atoms with Crippen LogP contribution in [0.2, 0.25) is 0 Å². The van der Waals surface area contributed by atoms with Crippen molar-refractivity contribution in [2.45, 2.75) is 33.2 Å². The molecule has 0 bridgehead atoms. The van der Waals surface area contributed by atoms with E-state index in [1.54, 1.807) is 0 Å². The normalized spacial score (nSPS) is 19.6. The van der Waals surface area contributed by atoms with Crippen LogP contribution in [0.15, 0.2) is 12.4 Å². The Morgan fingerprint density at radius 2 is 2.39 bits per heavy atom. The summed E-state index contributed by atoms with van der Waals surface area (Å²) >= 11 is 0. The summed E-state index contributed by atoms with van der Waals surface area (Å²) in [6, 6.07) is 0. The Labute approximate surface area is 115 Å². The summed E-state index contributed by atoms with van der Waals surface area (Å²) in [5, 5.41) is 7.70. The van der Waals surface area contributed by atoms with Gasteiger partial charge in [-0.05, 0) is 25.3 Å². The second-order valence-corrected chi connectivity index (χ2v) is 5.32. The highest BCUT2D eigenvalue weighted by molar-refractivity contribution is 5.85. The summed E-state index contributed by atoms with van der Waals surface area (Å²) < 4.78 is 7.74. The first-order chi connectivity index (χ1) is 8.24. The Morgan fingerprint density at radius 3 is 3.06 bits per heavy atom. The summed E-state index contributed by atoms with van der Waals surface area (Å²) in [6.45, 7) is 8.38. The largest absolute Gasteiger partial charge is 0.490 e. The zero-order chi connectivity index (χ0) is 12.1. The summed E-state index contributed by atoms with van der Waals surface area (Å²) in [4.78, 5) is 0. The molecule has 4 nitrogen and oxygen atoms in total. The van der Waals surface area contributed by atoms with Crippen LogP contribution in [0.25, 0.3) is 0 Å². The van der Waals surface area contributed by atoms with Crippen LogP contribution in [0.1, 0.15) is 26.7 Å². The van der Waals surface area contributed by atoms with Crippen LogP contribution >= 0.6 is 12.4 Å². The van der Waals surface area contributed by atoms with Crippen molar-refractivity contribution in [3.8, 4) is 5.75 Å². The number of aromatic nitrogens is 2. The maximum Gasteiger partial charge on any atom is 0.157 e. The third kappa shape index (κ3) is 4.86. The fourth-order valence-electron chi connectivity index (χ4n) is 2.17. The van der Waals surface area contributed by atoms with E-state index in [0.29, 0.717) is 11.8 Å². The number of hydrogen-bond donors (Lipinski definition) is 1. The van der Waals surface area contributed by atoms with Crippen LogP contribution in [0.4, 0.5) is 0 Å². The molecule has 1 fully saturated rings. The second kappa shape index (κ2) is 7.64. The molecule has 5 heteroatoms. The standard InChI is InChI=1S/C13H23N3O.ClH/c1-11(2)8-16-9-13(7-15-16)17-10-12-4-3-5-14-6-12;/h7,9,11-12,14H,3-6,8,10H2,1-2H3;1H. The van der Waals surface area contributed by atoms with Gasteiger partial charge in [-0.25, -0.2) is 0 Å². The molecule has 0 aliphatic carbocycles. The predicted molar refractivity (Wildman–Crippen MR) is 75.4 cm³/mol. The quantitative estimate of drug-likeness (QED) is 0.895. The maximum atomic E-state index is 5.78. The molecular formula is C13H24ClN3O. The summed E-state index contributed by atoms with van der Waals surface area (Å²) in [7, 11) is 0. The molecule has 1 unspecified atom stereocenters. The lowest BCUT2D eigenvalue weighted by molar-refractivity contribution is 0.218. The van der Waals surface area contributed by atoms with Gasteiger partial charge in [0.05, 0.1) is 19.0 Å². The van der Waals surface area contributed by atoms with Crippen LogP contribution in [0.3, 0.4) is 0 Å². The lowest BCUT2D eigenvalue weighted by Crippen LogP contribution is -2.32. The number of nitrogens with one attached hydrogen (secondary N) is 1. The Hall–Kier alpha value is -0.740. The average Bonchev–Trinajstić information content (AvgIpc) is 2.75. The monoisotopic (exact) mass is 273 g/mol. The topological polar surface area (TPSA) is 39.1 Å². The first-order valence-corrected chi connectivity index (χ1v) is 6.60. The van der Waals surface area contributed by atoms with Crippen molar-refractivity contribution < 1.29 is 4.74 Å². The minimum Gasteiger partial charge on any atom is -0.490 e. The van der Waals surface area contributed by atoms with Gasteiger partial charge in [-0.3, -0.25) is 4.68 Å². The van der Waals surface area contributed by atoms with Crippen LogP contribution in [0, 0.1) is 11.8 Å². The zero-order valence-corrected chi connectivity index (χ0v) is 12.1. The zero-order valence-electron chi connectivity index (χ0n) is 11.3. The van der Waals surface area contributed by atoms with Gasteiger partial charge in [0, 0.05) is 19.0 Å². The van der Waals surface area contributed by atoms with Crippen molar-refractivity contribution in [3.63, 3.8) is 0 Å². The minimum absolute atomic E-state index is 0. The SMILES string of the molecule is CC(C)Cn1cc(OCC2CCCNC2)cn1.Cl. The number of halogens is 1. The average molecular weight is 274 g/mol. The summed E-state index contributed by atoms with van der Waals surface area (Å²) in [6.07, 6.45) is 6.35. The molecule has 0 amide bonds. The van der Waals surface area contributed by atoms with E-state index >= 15 is 0 Å². The molecule has 2 rings (SSSR count). The van der Waals surface area contributed by atoms with Crippen molar-refractivity contribution in [1.29, 1.82) is 0 Å². The van der Waals surface area contributed by atoms with Gasteiger partial charge >= 0.3 is 0 Å². The summed E-state index contributed by atoms with van der Waals surface area (Å²) in [5.41, 5.74) is 0. The molecule has 0 saturated carbocycles. The van der Waals surface area contributed by atoms with Gasteiger partial charge in [-0.1, -0.05) is 13.8 Å². The molecule has 1 N–H and O–H groups in total. The molecule has 18 heavy (non-hydrogen) atoms. The first-order valence-electron chi connectivity index (χ1n) is 6.60. The van der Waals surface area contributed by atoms with Crippen molar-refractivity contribution in [2.24, 2.45) is 11.8 Å². The Balaban J connectivity index is 0.00000162. The lowest BCUT2D eigenvalue weighted by atomic mass is 10.0. The van der Waals surface area contributed by atoms with Crippen molar-refractivity contribution in [3.05, 3.63) is 12.4 Å². The van der Waals surface area contributed by atoms with E-state index in [2.05, 4.69) is 24.3 Å². The fourth-order valence-corrected chi connectivity index (χ4v) is 2.17. The number of piperidine rings is 1. The van der Waals surface area contributed by atoms with Crippen molar-refractivity contribution in [2.75, 3.05) is 19.7 Å². The number of rotatable bonds is 5. The van der Waals surface area contributed by atoms with E-state index < -0.39 is 0 Å². The van der Waals surface area contributed by atoms with Gasteiger partial charge in [0.25, 0.3) is 0 Å². The number of hydrogen-bond acceptors (Lipinski definition) is 3. The van der Waals surface area contributed by atoms with E-state index in [1.807, 2.05) is 17.1 Å². The third-order valence-corrected chi connectivity index (χ3v) is 3.05. The molecule has 1 atom stereocenters. The lowest BCUT2D eigenvalue weighted by Gasteiger charge is -2.22. The van der Waals surface area contributed by atoms with Crippen molar-refractivity contribution in [1.82, 2.24) is 15.1 Å². The minimum atomic E-state index is 0. The van der Waals surface area contributed by atoms with E-state index in [-0.39, 0.29) is 12.4 Å². The Bertz CT molecular complexity index is 335. The predicted octanol–water partition coefficient (Wildman–Crippen LogP) is 2.34. The van der Waals surface area contributed by atoms with Crippen LogP contribution in [-0.4, -0.2) is 29.5 Å². The van der Waals surface area contributed by atoms with Gasteiger partial charge in [-0.2, -0.15) is 5.10 Å². The van der Waals surface area contributed by atoms with Crippen LogP contribution in [-0.2, 0) is 6.54 Å². The van der Waals surface area contributed by atoms with E-state index in [4.69, 9.17) is 4.74 Å². The fraction of sp³-hybridized carbons (Fsp3) is 0.769. The van der Waals surface area contributed by atoms with Crippen LogP contribution < -0.4 is 10.1 Å². The molecule has 104 valence electrons. The summed E-state index contributed by atoms with van der Waals surface area (Å²) in [5.74, 6) is 2.17. The Morgan fingerprint density at radius 1 is 1.56 bits per heavy atom. The van der Waals surface area contributed by atoms with E-state index in [1.165, 1.54) is 12.8 Å². The molecular weight excluding hydrogens is 250 g/mol. The smallest absolute Gasteiger partial charge is 0.157 e. The molecule has 1 saturated heterocycles. The highest BCUT2D eigenvalue weighted by Gasteiger charge is 2.13. The van der Waals surface area contributed by atoms with Crippen molar-refractivity contribution >= 4 is 12.4 Å². The first kappa shape index (κ1) is 15.3. The van der Waals surface area contributed by atoms with E-state index in [9.17, 15) is 0 Å². The molecule has 0 radical (unpaired) electrons. The Kier molecular flexibility index (Phi) is 6.50. The molecule has 0 aromatic carbocycles. The van der Waals surface area contributed by atoms with Gasteiger partial charge in [0.2, 0.25) is 0 Å². The third-order valence-electron chi connectivity index (χ3n) is 3.05. The van der Waals surface area contributed by atoms with E-state index in [0.717, 1.165) is 32.0 Å². The number of ether oxygens (including phenoxy) is 1. The number of nitrogens with zero attached hydrogens (tertiary/aromatic N) is 2. The molecule has 1 aromatic heterocycles. The van der Waals surface area contributed by atoms with Gasteiger partial charge < -0.3 is 10.1 Å². The molecule has 0 spiro atoms. The van der Waals surface area contributed by atoms with Gasteiger partial charge in [-0.15, -0.1) is 12.4 Å². The molecule has 2 heterocycles. The van der Waals surface area contributed by atoms with Gasteiger partial charge in [0.15, 0.2) is 5.75 Å². The van der Waals surface area contributed by atoms with Crippen LogP contribution in [0.5, 0.6) is 5.75 Å². The highest BCUT2D eigenvalue weighted by atomic mass is 35.5. The molecule has 1 aliphatic heterocycles. The maximum absolute atomic E-state index is 5.78. The molecule has 1 aliphatic rings.